The smallest absolute Gasteiger partial charge is 0.270 e. The molecule has 1 aromatic carbocycles. The summed E-state index contributed by atoms with van der Waals surface area (Å²) in [5.41, 5.74) is 7.00. The summed E-state index contributed by atoms with van der Waals surface area (Å²) in [6.07, 6.45) is 2.91. The molecule has 5 heteroatoms. The van der Waals surface area contributed by atoms with E-state index < -0.39 is 0 Å². The van der Waals surface area contributed by atoms with Gasteiger partial charge in [-0.1, -0.05) is 42.9 Å². The highest BCUT2D eigenvalue weighted by Crippen LogP contribution is 2.26. The van der Waals surface area contributed by atoms with Crippen LogP contribution in [0.4, 0.5) is 0 Å². The number of nitrogens with two attached hydrogens (primary N) is 1. The lowest BCUT2D eigenvalue weighted by Crippen LogP contribution is -2.41. The van der Waals surface area contributed by atoms with Crippen molar-refractivity contribution in [3.63, 3.8) is 0 Å². The van der Waals surface area contributed by atoms with Crippen molar-refractivity contribution >= 4 is 34.0 Å². The van der Waals surface area contributed by atoms with Crippen LogP contribution in [0.15, 0.2) is 36.4 Å². The third-order valence-corrected chi connectivity index (χ3v) is 4.33. The van der Waals surface area contributed by atoms with E-state index in [0.29, 0.717) is 10.7 Å². The SMILES string of the molecule is NC(=S)C1CCCC1NC(=O)c1ccc2ccccc2n1. The highest BCUT2D eigenvalue weighted by atomic mass is 32.1. The summed E-state index contributed by atoms with van der Waals surface area (Å²) in [6, 6.07) is 11.4. The van der Waals surface area contributed by atoms with Crippen molar-refractivity contribution in [3.8, 4) is 0 Å². The Morgan fingerprint density at radius 3 is 2.86 bits per heavy atom. The van der Waals surface area contributed by atoms with Gasteiger partial charge in [0.15, 0.2) is 0 Å². The second kappa shape index (κ2) is 5.77. The molecule has 0 spiro atoms. The quantitative estimate of drug-likeness (QED) is 0.854. The summed E-state index contributed by atoms with van der Waals surface area (Å²) in [5.74, 6) is -0.0571. The predicted octanol–water partition coefficient (Wildman–Crippen LogP) is 2.42. The average molecular weight is 299 g/mol. The van der Waals surface area contributed by atoms with Gasteiger partial charge in [0.05, 0.1) is 10.5 Å². The van der Waals surface area contributed by atoms with Crippen LogP contribution in [0.25, 0.3) is 10.9 Å². The van der Waals surface area contributed by atoms with Crippen LogP contribution in [0.2, 0.25) is 0 Å². The van der Waals surface area contributed by atoms with E-state index >= 15 is 0 Å². The first-order valence-corrected chi connectivity index (χ1v) is 7.52. The summed E-state index contributed by atoms with van der Waals surface area (Å²) in [5, 5.41) is 4.05. The van der Waals surface area contributed by atoms with Gasteiger partial charge in [-0.05, 0) is 25.0 Å². The summed E-state index contributed by atoms with van der Waals surface area (Å²) < 4.78 is 0. The highest BCUT2D eigenvalue weighted by molar-refractivity contribution is 7.80. The molecular weight excluding hydrogens is 282 g/mol. The van der Waals surface area contributed by atoms with Crippen LogP contribution in [-0.4, -0.2) is 21.9 Å². The molecule has 0 bridgehead atoms. The number of nitrogens with zero attached hydrogens (tertiary/aromatic N) is 1. The normalized spacial score (nSPS) is 21.3. The van der Waals surface area contributed by atoms with Crippen molar-refractivity contribution in [1.82, 2.24) is 10.3 Å². The number of aromatic nitrogens is 1. The first kappa shape index (κ1) is 13.9. The fourth-order valence-corrected chi connectivity index (χ4v) is 3.19. The predicted molar refractivity (Wildman–Crippen MR) is 87.1 cm³/mol. The molecule has 1 aliphatic rings. The lowest BCUT2D eigenvalue weighted by molar-refractivity contribution is 0.0929. The largest absolute Gasteiger partial charge is 0.393 e. The second-order valence-electron chi connectivity index (χ2n) is 5.41. The molecule has 21 heavy (non-hydrogen) atoms. The zero-order valence-corrected chi connectivity index (χ0v) is 12.4. The molecule has 1 aromatic heterocycles. The van der Waals surface area contributed by atoms with Crippen molar-refractivity contribution < 1.29 is 4.79 Å². The van der Waals surface area contributed by atoms with Gasteiger partial charge in [-0.2, -0.15) is 0 Å². The number of rotatable bonds is 3. The third kappa shape index (κ3) is 2.88. The van der Waals surface area contributed by atoms with Crippen LogP contribution in [0.1, 0.15) is 29.8 Å². The Labute approximate surface area is 128 Å². The number of para-hydroxylation sites is 1. The number of fused-ring (bicyclic) bond motifs is 1. The number of thiocarbonyl (C=S) groups is 1. The van der Waals surface area contributed by atoms with E-state index in [1.54, 1.807) is 6.07 Å². The maximum absolute atomic E-state index is 12.4. The third-order valence-electron chi connectivity index (χ3n) is 4.03. The molecule has 1 amide bonds. The number of hydrogen-bond acceptors (Lipinski definition) is 3. The van der Waals surface area contributed by atoms with Crippen LogP contribution in [0, 0.1) is 5.92 Å². The molecule has 2 atom stereocenters. The number of pyridine rings is 1. The average Bonchev–Trinajstić information content (AvgIpc) is 2.95. The molecule has 3 N–H and O–H groups in total. The molecular formula is C16H17N3OS. The van der Waals surface area contributed by atoms with Crippen LogP contribution in [0.5, 0.6) is 0 Å². The number of benzene rings is 1. The molecule has 0 radical (unpaired) electrons. The fraction of sp³-hybridized carbons (Fsp3) is 0.312. The van der Waals surface area contributed by atoms with Gasteiger partial charge in [0, 0.05) is 17.3 Å². The summed E-state index contributed by atoms with van der Waals surface area (Å²) >= 11 is 5.08. The summed E-state index contributed by atoms with van der Waals surface area (Å²) in [4.78, 5) is 17.3. The van der Waals surface area contributed by atoms with E-state index in [9.17, 15) is 4.79 Å². The molecule has 2 unspecified atom stereocenters. The number of amides is 1. The Bertz CT molecular complexity index is 701. The van der Waals surface area contributed by atoms with Gasteiger partial charge in [-0.25, -0.2) is 4.98 Å². The van der Waals surface area contributed by atoms with E-state index in [-0.39, 0.29) is 17.9 Å². The Hall–Kier alpha value is -2.01. The van der Waals surface area contributed by atoms with Gasteiger partial charge in [0.25, 0.3) is 5.91 Å². The van der Waals surface area contributed by atoms with Crippen molar-refractivity contribution in [2.24, 2.45) is 11.7 Å². The van der Waals surface area contributed by atoms with Crippen LogP contribution in [-0.2, 0) is 0 Å². The first-order valence-electron chi connectivity index (χ1n) is 7.11. The van der Waals surface area contributed by atoms with E-state index in [1.807, 2.05) is 30.3 Å². The van der Waals surface area contributed by atoms with Crippen molar-refractivity contribution in [2.45, 2.75) is 25.3 Å². The number of nitrogens with one attached hydrogen (secondary N) is 1. The molecule has 1 aliphatic carbocycles. The highest BCUT2D eigenvalue weighted by Gasteiger charge is 2.30. The minimum atomic E-state index is -0.158. The van der Waals surface area contributed by atoms with Crippen molar-refractivity contribution in [3.05, 3.63) is 42.1 Å². The molecule has 2 aromatic rings. The Balaban J connectivity index is 1.79. The van der Waals surface area contributed by atoms with Gasteiger partial charge in [0.1, 0.15) is 5.69 Å². The topological polar surface area (TPSA) is 68.0 Å². The van der Waals surface area contributed by atoms with Gasteiger partial charge in [0.2, 0.25) is 0 Å². The molecule has 1 heterocycles. The number of carbonyl (C=O) groups excluding carboxylic acids is 1. The lowest BCUT2D eigenvalue weighted by Gasteiger charge is -2.19. The minimum absolute atomic E-state index is 0.0308. The van der Waals surface area contributed by atoms with Gasteiger partial charge >= 0.3 is 0 Å². The molecule has 1 saturated carbocycles. The first-order chi connectivity index (χ1) is 10.1. The van der Waals surface area contributed by atoms with E-state index in [4.69, 9.17) is 18.0 Å². The summed E-state index contributed by atoms with van der Waals surface area (Å²) in [6.45, 7) is 0. The molecule has 108 valence electrons. The summed E-state index contributed by atoms with van der Waals surface area (Å²) in [7, 11) is 0. The maximum atomic E-state index is 12.4. The van der Waals surface area contributed by atoms with E-state index in [1.165, 1.54) is 0 Å². The van der Waals surface area contributed by atoms with E-state index in [2.05, 4.69) is 10.3 Å². The zero-order valence-electron chi connectivity index (χ0n) is 11.6. The van der Waals surface area contributed by atoms with Gasteiger partial charge in [-0.3, -0.25) is 4.79 Å². The molecule has 1 fully saturated rings. The van der Waals surface area contributed by atoms with E-state index in [0.717, 1.165) is 30.2 Å². The van der Waals surface area contributed by atoms with Crippen LogP contribution >= 0.6 is 12.2 Å². The fourth-order valence-electron chi connectivity index (χ4n) is 2.91. The minimum Gasteiger partial charge on any atom is -0.393 e. The van der Waals surface area contributed by atoms with Gasteiger partial charge in [-0.15, -0.1) is 0 Å². The standard InChI is InChI=1S/C16H17N3OS/c17-15(21)11-5-3-7-13(11)19-16(20)14-9-8-10-4-1-2-6-12(10)18-14/h1-2,4,6,8-9,11,13H,3,5,7H2,(H2,17,21)(H,19,20). The molecule has 0 saturated heterocycles. The second-order valence-corrected chi connectivity index (χ2v) is 5.88. The molecule has 0 aliphatic heterocycles. The van der Waals surface area contributed by atoms with Crippen molar-refractivity contribution in [2.75, 3.05) is 0 Å². The zero-order chi connectivity index (χ0) is 14.8. The number of hydrogen-bond donors (Lipinski definition) is 2. The molecule has 4 nitrogen and oxygen atoms in total. The van der Waals surface area contributed by atoms with Crippen molar-refractivity contribution in [1.29, 1.82) is 0 Å². The Morgan fingerprint density at radius 2 is 2.05 bits per heavy atom. The lowest BCUT2D eigenvalue weighted by atomic mass is 10.0. The Kier molecular flexibility index (Phi) is 3.84. The maximum Gasteiger partial charge on any atom is 0.270 e. The van der Waals surface area contributed by atoms with Gasteiger partial charge < -0.3 is 11.1 Å². The Morgan fingerprint density at radius 1 is 1.24 bits per heavy atom. The van der Waals surface area contributed by atoms with Crippen LogP contribution in [0.3, 0.4) is 0 Å². The number of carbonyl (C=O) groups is 1. The monoisotopic (exact) mass is 299 g/mol. The molecule has 3 rings (SSSR count). The van der Waals surface area contributed by atoms with Crippen LogP contribution < -0.4 is 11.1 Å².